The minimum Gasteiger partial charge on any atom is -0.352 e. The van der Waals surface area contributed by atoms with E-state index >= 15 is 0 Å². The number of anilines is 1. The molecule has 0 aliphatic rings. The van der Waals surface area contributed by atoms with Crippen LogP contribution in [0.3, 0.4) is 0 Å². The predicted octanol–water partition coefficient (Wildman–Crippen LogP) is 5.01. The molecule has 0 radical (unpaired) electrons. The molecule has 0 saturated heterocycles. The summed E-state index contributed by atoms with van der Waals surface area (Å²) in [5, 5.41) is 3.82. The lowest BCUT2D eigenvalue weighted by Gasteiger charge is -2.32. The van der Waals surface area contributed by atoms with Gasteiger partial charge in [0.1, 0.15) is 12.6 Å². The molecule has 0 aliphatic heterocycles. The minimum absolute atomic E-state index is 0.0498. The third kappa shape index (κ3) is 7.65. The fourth-order valence-corrected chi connectivity index (χ4v) is 4.85. The van der Waals surface area contributed by atoms with Crippen molar-refractivity contribution in [2.45, 2.75) is 39.4 Å². The number of hydrogen-bond donors (Lipinski definition) is 1. The van der Waals surface area contributed by atoms with Gasteiger partial charge in [0.05, 0.1) is 17.0 Å². The second kappa shape index (κ2) is 11.8. The lowest BCUT2D eigenvalue weighted by atomic mass is 10.1. The van der Waals surface area contributed by atoms with E-state index in [9.17, 15) is 18.0 Å². The standard InChI is InChI=1S/C22H25Cl4N3O4S/c1-13(2)27-22(31)14(3)28(11-15-5-6-16(23)9-19(15)26)21(30)12-29(34(4,32)33)20-10-17(24)7-8-18(20)25/h5-10,13-14H,11-12H2,1-4H3,(H,27,31)/t14-/m0/s1. The predicted molar refractivity (Wildman–Crippen MR) is 138 cm³/mol. The molecule has 0 saturated carbocycles. The molecule has 2 aromatic carbocycles. The lowest BCUT2D eigenvalue weighted by Crippen LogP contribution is -2.52. The van der Waals surface area contributed by atoms with Gasteiger partial charge in [-0.2, -0.15) is 0 Å². The first-order chi connectivity index (χ1) is 15.7. The van der Waals surface area contributed by atoms with Crippen LogP contribution >= 0.6 is 46.4 Å². The van der Waals surface area contributed by atoms with Crippen LogP contribution in [0.1, 0.15) is 26.3 Å². The van der Waals surface area contributed by atoms with Crippen molar-refractivity contribution in [3.05, 3.63) is 62.1 Å². The molecule has 1 atom stereocenters. The molecule has 0 aromatic heterocycles. The van der Waals surface area contributed by atoms with Crippen LogP contribution in [0.4, 0.5) is 5.69 Å². The molecule has 2 amide bonds. The van der Waals surface area contributed by atoms with E-state index in [0.717, 1.165) is 10.6 Å². The Hall–Kier alpha value is -1.71. The second-order valence-electron chi connectivity index (χ2n) is 7.96. The van der Waals surface area contributed by atoms with Gasteiger partial charge in [-0.25, -0.2) is 8.42 Å². The molecule has 0 aliphatic carbocycles. The van der Waals surface area contributed by atoms with Gasteiger partial charge in [-0.05, 0) is 56.7 Å². The third-order valence-electron chi connectivity index (χ3n) is 4.81. The van der Waals surface area contributed by atoms with Crippen LogP contribution in [-0.4, -0.2) is 50.0 Å². The molecular formula is C22H25Cl4N3O4S. The SMILES string of the molecule is CC(C)NC(=O)[C@H](C)N(Cc1ccc(Cl)cc1Cl)C(=O)CN(c1cc(Cl)ccc1Cl)S(C)(=O)=O. The molecule has 0 spiro atoms. The number of benzene rings is 2. The van der Waals surface area contributed by atoms with E-state index in [1.165, 1.54) is 29.2 Å². The van der Waals surface area contributed by atoms with Crippen molar-refractivity contribution < 1.29 is 18.0 Å². The van der Waals surface area contributed by atoms with E-state index in [0.29, 0.717) is 15.6 Å². The molecule has 2 aromatic rings. The largest absolute Gasteiger partial charge is 0.352 e. The fraction of sp³-hybridized carbons (Fsp3) is 0.364. The molecule has 0 bridgehead atoms. The van der Waals surface area contributed by atoms with Gasteiger partial charge in [-0.15, -0.1) is 0 Å². The van der Waals surface area contributed by atoms with Crippen molar-refractivity contribution in [2.75, 3.05) is 17.1 Å². The molecule has 0 heterocycles. The van der Waals surface area contributed by atoms with Crippen molar-refractivity contribution in [1.82, 2.24) is 10.2 Å². The average molecular weight is 569 g/mol. The molecule has 0 unspecified atom stereocenters. The fourth-order valence-electron chi connectivity index (χ4n) is 3.09. The summed E-state index contributed by atoms with van der Waals surface area (Å²) >= 11 is 24.5. The van der Waals surface area contributed by atoms with Crippen LogP contribution in [0.25, 0.3) is 0 Å². The summed E-state index contributed by atoms with van der Waals surface area (Å²) < 4.78 is 26.0. The number of hydrogen-bond acceptors (Lipinski definition) is 4. The van der Waals surface area contributed by atoms with Gasteiger partial charge >= 0.3 is 0 Å². The smallest absolute Gasteiger partial charge is 0.244 e. The Labute approximate surface area is 220 Å². The summed E-state index contributed by atoms with van der Waals surface area (Å²) in [6.07, 6.45) is 0.951. The normalized spacial score (nSPS) is 12.4. The monoisotopic (exact) mass is 567 g/mol. The lowest BCUT2D eigenvalue weighted by molar-refractivity contribution is -0.139. The summed E-state index contributed by atoms with van der Waals surface area (Å²) in [5.74, 6) is -1.04. The summed E-state index contributed by atoms with van der Waals surface area (Å²) in [7, 11) is -3.94. The molecule has 7 nitrogen and oxygen atoms in total. The van der Waals surface area contributed by atoms with Crippen molar-refractivity contribution in [3.8, 4) is 0 Å². The van der Waals surface area contributed by atoms with Crippen LogP contribution < -0.4 is 9.62 Å². The first-order valence-electron chi connectivity index (χ1n) is 10.2. The summed E-state index contributed by atoms with van der Waals surface area (Å²) in [5.41, 5.74) is 0.587. The van der Waals surface area contributed by atoms with Crippen molar-refractivity contribution >= 4 is 73.9 Å². The molecule has 1 N–H and O–H groups in total. The molecular weight excluding hydrogens is 544 g/mol. The third-order valence-corrected chi connectivity index (χ3v) is 7.08. The van der Waals surface area contributed by atoms with Crippen molar-refractivity contribution in [3.63, 3.8) is 0 Å². The summed E-state index contributed by atoms with van der Waals surface area (Å²) in [6.45, 7) is 4.47. The molecule has 186 valence electrons. The Morgan fingerprint density at radius 3 is 2.09 bits per heavy atom. The number of amides is 2. The van der Waals surface area contributed by atoms with E-state index in [-0.39, 0.29) is 28.3 Å². The Morgan fingerprint density at radius 1 is 0.941 bits per heavy atom. The van der Waals surface area contributed by atoms with Gasteiger partial charge in [-0.3, -0.25) is 13.9 Å². The molecule has 12 heteroatoms. The Bertz CT molecular complexity index is 1170. The maximum atomic E-state index is 13.5. The van der Waals surface area contributed by atoms with Crippen LogP contribution in [0, 0.1) is 0 Å². The zero-order chi connectivity index (χ0) is 25.8. The van der Waals surface area contributed by atoms with Crippen LogP contribution in [0.2, 0.25) is 20.1 Å². The van der Waals surface area contributed by atoms with Gasteiger partial charge in [-0.1, -0.05) is 52.5 Å². The van der Waals surface area contributed by atoms with E-state index in [4.69, 9.17) is 46.4 Å². The minimum atomic E-state index is -3.94. The number of carbonyl (C=O) groups excluding carboxylic acids is 2. The first-order valence-corrected chi connectivity index (χ1v) is 13.5. The number of sulfonamides is 1. The van der Waals surface area contributed by atoms with E-state index in [1.807, 2.05) is 0 Å². The maximum absolute atomic E-state index is 13.5. The highest BCUT2D eigenvalue weighted by molar-refractivity contribution is 7.92. The van der Waals surface area contributed by atoms with Gasteiger partial charge in [0, 0.05) is 27.7 Å². The number of nitrogens with one attached hydrogen (secondary N) is 1. The van der Waals surface area contributed by atoms with Crippen LogP contribution in [0.5, 0.6) is 0 Å². The molecule has 0 fully saturated rings. The number of halogens is 4. The van der Waals surface area contributed by atoms with Crippen molar-refractivity contribution in [1.29, 1.82) is 0 Å². The maximum Gasteiger partial charge on any atom is 0.244 e. The highest BCUT2D eigenvalue weighted by Gasteiger charge is 2.31. The van der Waals surface area contributed by atoms with Gasteiger partial charge < -0.3 is 10.2 Å². The van der Waals surface area contributed by atoms with E-state index in [2.05, 4.69) is 5.32 Å². The topological polar surface area (TPSA) is 86.8 Å². The molecule has 34 heavy (non-hydrogen) atoms. The highest BCUT2D eigenvalue weighted by atomic mass is 35.5. The average Bonchev–Trinajstić information content (AvgIpc) is 2.71. The van der Waals surface area contributed by atoms with E-state index in [1.54, 1.807) is 32.9 Å². The van der Waals surface area contributed by atoms with Crippen LogP contribution in [0.15, 0.2) is 36.4 Å². The van der Waals surface area contributed by atoms with Crippen molar-refractivity contribution in [2.24, 2.45) is 0 Å². The zero-order valence-electron chi connectivity index (χ0n) is 19.0. The molecule has 2 rings (SSSR count). The van der Waals surface area contributed by atoms with Gasteiger partial charge in [0.2, 0.25) is 21.8 Å². The number of carbonyl (C=O) groups is 2. The zero-order valence-corrected chi connectivity index (χ0v) is 22.8. The highest BCUT2D eigenvalue weighted by Crippen LogP contribution is 2.31. The van der Waals surface area contributed by atoms with Gasteiger partial charge in [0.15, 0.2) is 0 Å². The quantitative estimate of drug-likeness (QED) is 0.461. The van der Waals surface area contributed by atoms with Gasteiger partial charge in [0.25, 0.3) is 0 Å². The first kappa shape index (κ1) is 28.5. The summed E-state index contributed by atoms with van der Waals surface area (Å²) in [4.78, 5) is 27.5. The Balaban J connectivity index is 2.47. The number of nitrogens with zero attached hydrogens (tertiary/aromatic N) is 2. The Kier molecular flexibility index (Phi) is 9.91. The Morgan fingerprint density at radius 2 is 1.53 bits per heavy atom. The van der Waals surface area contributed by atoms with Crippen LogP contribution in [-0.2, 0) is 26.2 Å². The summed E-state index contributed by atoms with van der Waals surface area (Å²) in [6, 6.07) is 7.97. The van der Waals surface area contributed by atoms with E-state index < -0.39 is 34.4 Å². The number of rotatable bonds is 9. The second-order valence-corrected chi connectivity index (χ2v) is 11.6.